The van der Waals surface area contributed by atoms with E-state index in [4.69, 9.17) is 0 Å². The zero-order valence-electron chi connectivity index (χ0n) is 9.46. The standard InChI is InChI=1S/C13H16N2/c1-4-10-9(2)15-12-8-6-5-7-11(12)13(10)14-3/h5-8H,4H2,1-3H3,(H,14,15). The summed E-state index contributed by atoms with van der Waals surface area (Å²) >= 11 is 0. The summed E-state index contributed by atoms with van der Waals surface area (Å²) in [7, 11) is 1.97. The van der Waals surface area contributed by atoms with Gasteiger partial charge in [0.2, 0.25) is 0 Å². The Balaban J connectivity index is 2.84. The van der Waals surface area contributed by atoms with E-state index in [0.717, 1.165) is 17.6 Å². The van der Waals surface area contributed by atoms with E-state index in [1.807, 2.05) is 13.1 Å². The van der Waals surface area contributed by atoms with Gasteiger partial charge >= 0.3 is 0 Å². The Morgan fingerprint density at radius 2 is 2.00 bits per heavy atom. The second-order valence-corrected chi connectivity index (χ2v) is 3.67. The predicted octanol–water partition coefficient (Wildman–Crippen LogP) is 3.15. The van der Waals surface area contributed by atoms with Crippen LogP contribution in [0.25, 0.3) is 10.9 Å². The second kappa shape index (κ2) is 3.89. The molecule has 0 aliphatic carbocycles. The number of anilines is 1. The van der Waals surface area contributed by atoms with E-state index >= 15 is 0 Å². The van der Waals surface area contributed by atoms with Gasteiger partial charge in [0.15, 0.2) is 0 Å². The van der Waals surface area contributed by atoms with Crippen molar-refractivity contribution in [2.45, 2.75) is 20.3 Å². The third-order valence-electron chi connectivity index (χ3n) is 2.80. The molecule has 0 radical (unpaired) electrons. The van der Waals surface area contributed by atoms with Crippen LogP contribution in [0.15, 0.2) is 24.3 Å². The van der Waals surface area contributed by atoms with E-state index in [1.54, 1.807) is 0 Å². The van der Waals surface area contributed by atoms with E-state index in [1.165, 1.54) is 16.6 Å². The highest BCUT2D eigenvalue weighted by atomic mass is 14.8. The van der Waals surface area contributed by atoms with E-state index in [2.05, 4.69) is 42.3 Å². The third kappa shape index (κ3) is 1.56. The first-order valence-electron chi connectivity index (χ1n) is 5.34. The van der Waals surface area contributed by atoms with Crippen molar-refractivity contribution < 1.29 is 0 Å². The van der Waals surface area contributed by atoms with Crippen LogP contribution in [0, 0.1) is 6.92 Å². The van der Waals surface area contributed by atoms with Gasteiger partial charge in [0.05, 0.1) is 5.52 Å². The monoisotopic (exact) mass is 200 g/mol. The Hall–Kier alpha value is -1.57. The van der Waals surface area contributed by atoms with Crippen LogP contribution in [0.1, 0.15) is 18.2 Å². The van der Waals surface area contributed by atoms with Crippen LogP contribution in [0.3, 0.4) is 0 Å². The summed E-state index contributed by atoms with van der Waals surface area (Å²) in [5, 5.41) is 4.50. The van der Waals surface area contributed by atoms with E-state index in [-0.39, 0.29) is 0 Å². The number of aromatic nitrogens is 1. The summed E-state index contributed by atoms with van der Waals surface area (Å²) in [5.74, 6) is 0. The zero-order valence-corrected chi connectivity index (χ0v) is 9.46. The minimum Gasteiger partial charge on any atom is -0.387 e. The number of rotatable bonds is 2. The van der Waals surface area contributed by atoms with Gasteiger partial charge in [-0.3, -0.25) is 4.98 Å². The number of nitrogens with zero attached hydrogens (tertiary/aromatic N) is 1. The molecule has 0 spiro atoms. The van der Waals surface area contributed by atoms with E-state index in [9.17, 15) is 0 Å². The molecule has 2 rings (SSSR count). The topological polar surface area (TPSA) is 24.9 Å². The van der Waals surface area contributed by atoms with Crippen LogP contribution in [0.5, 0.6) is 0 Å². The molecule has 1 N–H and O–H groups in total. The summed E-state index contributed by atoms with van der Waals surface area (Å²) in [5.41, 5.74) is 4.73. The first kappa shape index (κ1) is 9.97. The van der Waals surface area contributed by atoms with E-state index in [0.29, 0.717) is 0 Å². The first-order valence-corrected chi connectivity index (χ1v) is 5.34. The van der Waals surface area contributed by atoms with Crippen molar-refractivity contribution >= 4 is 16.6 Å². The summed E-state index contributed by atoms with van der Waals surface area (Å²) < 4.78 is 0. The highest BCUT2D eigenvalue weighted by Gasteiger charge is 2.08. The Labute approximate surface area is 90.3 Å². The maximum atomic E-state index is 4.62. The molecule has 0 saturated heterocycles. The molecular weight excluding hydrogens is 184 g/mol. The zero-order chi connectivity index (χ0) is 10.8. The van der Waals surface area contributed by atoms with Gasteiger partial charge < -0.3 is 5.32 Å². The number of benzene rings is 1. The van der Waals surface area contributed by atoms with Crippen molar-refractivity contribution in [2.24, 2.45) is 0 Å². The Kier molecular flexibility index (Phi) is 2.58. The van der Waals surface area contributed by atoms with Gasteiger partial charge in [-0.2, -0.15) is 0 Å². The van der Waals surface area contributed by atoms with Gasteiger partial charge in [-0.25, -0.2) is 0 Å². The summed E-state index contributed by atoms with van der Waals surface area (Å²) in [4.78, 5) is 4.62. The number of fused-ring (bicyclic) bond motifs is 1. The predicted molar refractivity (Wildman–Crippen MR) is 65.4 cm³/mol. The fourth-order valence-electron chi connectivity index (χ4n) is 2.09. The fourth-order valence-corrected chi connectivity index (χ4v) is 2.09. The second-order valence-electron chi connectivity index (χ2n) is 3.67. The maximum Gasteiger partial charge on any atom is 0.0726 e. The molecule has 1 aromatic carbocycles. The summed E-state index contributed by atoms with van der Waals surface area (Å²) in [6.07, 6.45) is 1.01. The molecule has 2 heteroatoms. The molecular formula is C13H16N2. The summed E-state index contributed by atoms with van der Waals surface area (Å²) in [6.45, 7) is 4.24. The van der Waals surface area contributed by atoms with E-state index < -0.39 is 0 Å². The van der Waals surface area contributed by atoms with Crippen molar-refractivity contribution in [1.29, 1.82) is 0 Å². The average molecular weight is 200 g/mol. The number of nitrogens with one attached hydrogen (secondary N) is 1. The highest BCUT2D eigenvalue weighted by molar-refractivity contribution is 5.93. The van der Waals surface area contributed by atoms with Gasteiger partial charge in [-0.1, -0.05) is 25.1 Å². The molecule has 2 aromatic rings. The number of aryl methyl sites for hydroxylation is 1. The molecule has 0 bridgehead atoms. The van der Waals surface area contributed by atoms with Gasteiger partial charge in [0, 0.05) is 23.8 Å². The van der Waals surface area contributed by atoms with Crippen molar-refractivity contribution in [3.63, 3.8) is 0 Å². The Morgan fingerprint density at radius 1 is 1.27 bits per heavy atom. The van der Waals surface area contributed by atoms with Crippen molar-refractivity contribution in [3.05, 3.63) is 35.5 Å². The quantitative estimate of drug-likeness (QED) is 0.805. The molecule has 78 valence electrons. The molecule has 0 fully saturated rings. The lowest BCUT2D eigenvalue weighted by atomic mass is 10.0. The van der Waals surface area contributed by atoms with Gasteiger partial charge in [-0.15, -0.1) is 0 Å². The molecule has 0 unspecified atom stereocenters. The minimum atomic E-state index is 1.01. The molecule has 1 heterocycles. The molecule has 2 nitrogen and oxygen atoms in total. The smallest absolute Gasteiger partial charge is 0.0726 e. The minimum absolute atomic E-state index is 1.01. The Morgan fingerprint density at radius 3 is 2.67 bits per heavy atom. The van der Waals surface area contributed by atoms with Crippen molar-refractivity contribution in [3.8, 4) is 0 Å². The molecule has 0 atom stereocenters. The highest BCUT2D eigenvalue weighted by Crippen LogP contribution is 2.28. The largest absolute Gasteiger partial charge is 0.387 e. The van der Waals surface area contributed by atoms with Crippen LogP contribution in [-0.2, 0) is 6.42 Å². The van der Waals surface area contributed by atoms with Crippen LogP contribution in [-0.4, -0.2) is 12.0 Å². The summed E-state index contributed by atoms with van der Waals surface area (Å²) in [6, 6.07) is 8.26. The van der Waals surface area contributed by atoms with Crippen molar-refractivity contribution in [2.75, 3.05) is 12.4 Å². The van der Waals surface area contributed by atoms with Gasteiger partial charge in [0.1, 0.15) is 0 Å². The SMILES string of the molecule is CCc1c(C)nc2ccccc2c1NC. The van der Waals surface area contributed by atoms with Crippen LogP contribution in [0.2, 0.25) is 0 Å². The molecule has 15 heavy (non-hydrogen) atoms. The fraction of sp³-hybridized carbons (Fsp3) is 0.308. The molecule has 0 aliphatic heterocycles. The average Bonchev–Trinajstić information content (AvgIpc) is 2.27. The first-order chi connectivity index (χ1) is 7.27. The van der Waals surface area contributed by atoms with Crippen LogP contribution >= 0.6 is 0 Å². The lowest BCUT2D eigenvalue weighted by Crippen LogP contribution is -2.00. The van der Waals surface area contributed by atoms with Gasteiger partial charge in [-0.05, 0) is 25.0 Å². The number of hydrogen-bond donors (Lipinski definition) is 1. The number of hydrogen-bond acceptors (Lipinski definition) is 2. The maximum absolute atomic E-state index is 4.62. The third-order valence-corrected chi connectivity index (χ3v) is 2.80. The van der Waals surface area contributed by atoms with Crippen LogP contribution in [0.4, 0.5) is 5.69 Å². The lowest BCUT2D eigenvalue weighted by Gasteiger charge is -2.13. The molecule has 1 aromatic heterocycles. The number of para-hydroxylation sites is 1. The Bertz CT molecular complexity index is 489. The molecule has 0 aliphatic rings. The van der Waals surface area contributed by atoms with Gasteiger partial charge in [0.25, 0.3) is 0 Å². The van der Waals surface area contributed by atoms with Crippen molar-refractivity contribution in [1.82, 2.24) is 4.98 Å². The number of pyridine rings is 1. The molecule has 0 saturated carbocycles. The van der Waals surface area contributed by atoms with Crippen LogP contribution < -0.4 is 5.32 Å². The lowest BCUT2D eigenvalue weighted by molar-refractivity contribution is 1.07. The molecule has 0 amide bonds. The normalized spacial score (nSPS) is 10.6.